The van der Waals surface area contributed by atoms with Crippen LogP contribution in [-0.4, -0.2) is 52.9 Å². The summed E-state index contributed by atoms with van der Waals surface area (Å²) in [6, 6.07) is 0. The second-order valence-electron chi connectivity index (χ2n) is 5.89. The number of carbonyl (C=O) groups excluding carboxylic acids is 1. The number of nitrogens with two attached hydrogens (primary N) is 1. The Morgan fingerprint density at radius 1 is 1.62 bits per heavy atom. The van der Waals surface area contributed by atoms with Gasteiger partial charge in [0.05, 0.1) is 6.54 Å². The average molecular weight is 333 g/mol. The summed E-state index contributed by atoms with van der Waals surface area (Å²) in [6.45, 7) is 2.55. The lowest BCUT2D eigenvalue weighted by Gasteiger charge is -2.28. The monoisotopic (exact) mass is 333 g/mol. The van der Waals surface area contributed by atoms with E-state index >= 15 is 0 Å². The molecule has 0 radical (unpaired) electrons. The van der Waals surface area contributed by atoms with Crippen LogP contribution in [0.5, 0.6) is 0 Å². The van der Waals surface area contributed by atoms with E-state index in [0.717, 1.165) is 0 Å². The molecule has 2 atom stereocenters. The number of rotatable bonds is 2. The molecule has 3 aliphatic rings. The quantitative estimate of drug-likeness (QED) is 0.418. The van der Waals surface area contributed by atoms with Crippen molar-refractivity contribution in [2.45, 2.75) is 25.7 Å². The topological polar surface area (TPSA) is 110 Å². The summed E-state index contributed by atoms with van der Waals surface area (Å²) < 4.78 is 13.4. The van der Waals surface area contributed by atoms with Crippen molar-refractivity contribution in [2.75, 3.05) is 13.1 Å². The highest BCUT2D eigenvalue weighted by molar-refractivity contribution is 6.09. The predicted octanol–water partition coefficient (Wildman–Crippen LogP) is -0.0578. The minimum atomic E-state index is -0.847. The van der Waals surface area contributed by atoms with Crippen LogP contribution < -0.4 is 16.4 Å². The van der Waals surface area contributed by atoms with Gasteiger partial charge in [0, 0.05) is 18.4 Å². The normalized spacial score (nSPS) is 25.8. The molecule has 0 saturated carbocycles. The molecule has 3 heterocycles. The molecule has 0 aromatic rings. The summed E-state index contributed by atoms with van der Waals surface area (Å²) in [6.07, 6.45) is 5.96. The maximum Gasteiger partial charge on any atom is 0.276 e. The number of nitrogens with one attached hydrogen (secondary N) is 3. The fourth-order valence-corrected chi connectivity index (χ4v) is 2.74. The standard InChI is InChI=1S/C15H20FN7O/c1-9(17)6-12(18)20-15(24)11-7-19-13-2-3-14(21-23(11)13)22-5-4-10(16)8-22/h2-3,6-7,10,13,19H,4-5,8,17H2,1H3,(H2,18,20,24)/t10-,13?/m0/s1. The molecule has 3 aliphatic heterocycles. The van der Waals surface area contributed by atoms with E-state index < -0.39 is 12.1 Å². The molecule has 1 amide bonds. The van der Waals surface area contributed by atoms with Gasteiger partial charge in [-0.05, 0) is 31.6 Å². The smallest absolute Gasteiger partial charge is 0.276 e. The predicted molar refractivity (Wildman–Crippen MR) is 88.3 cm³/mol. The van der Waals surface area contributed by atoms with Crippen molar-refractivity contribution in [3.05, 3.63) is 35.8 Å². The number of nitrogens with zero attached hydrogens (tertiary/aromatic N) is 3. The van der Waals surface area contributed by atoms with Gasteiger partial charge in [-0.3, -0.25) is 10.2 Å². The van der Waals surface area contributed by atoms with Crippen LogP contribution in [0.25, 0.3) is 0 Å². The maximum atomic E-state index is 13.4. The second-order valence-corrected chi connectivity index (χ2v) is 5.89. The van der Waals surface area contributed by atoms with Crippen LogP contribution in [0.1, 0.15) is 13.3 Å². The Morgan fingerprint density at radius 3 is 3.08 bits per heavy atom. The SMILES string of the molecule is CC(N)=CC(=N)NC(=O)C1=CNC2C=CC(N3CC[C@H](F)C3)=NN12. The number of fused-ring (bicyclic) bond motifs is 1. The van der Waals surface area contributed by atoms with Crippen LogP contribution >= 0.6 is 0 Å². The lowest BCUT2D eigenvalue weighted by atomic mass is 10.3. The van der Waals surface area contributed by atoms with E-state index in [4.69, 9.17) is 11.1 Å². The minimum Gasteiger partial charge on any atom is -0.402 e. The van der Waals surface area contributed by atoms with E-state index in [2.05, 4.69) is 15.7 Å². The van der Waals surface area contributed by atoms with Gasteiger partial charge in [0.25, 0.3) is 5.91 Å². The van der Waals surface area contributed by atoms with Crippen molar-refractivity contribution in [3.63, 3.8) is 0 Å². The first-order valence-electron chi connectivity index (χ1n) is 7.69. The van der Waals surface area contributed by atoms with E-state index in [1.165, 1.54) is 11.1 Å². The molecule has 0 aliphatic carbocycles. The van der Waals surface area contributed by atoms with E-state index in [1.54, 1.807) is 13.1 Å². The summed E-state index contributed by atoms with van der Waals surface area (Å²) in [5.41, 5.74) is 6.20. The number of halogens is 1. The van der Waals surface area contributed by atoms with E-state index in [0.29, 0.717) is 31.0 Å². The largest absolute Gasteiger partial charge is 0.402 e. The molecule has 0 aromatic heterocycles. The summed E-state index contributed by atoms with van der Waals surface area (Å²) in [5, 5.41) is 19.1. The summed E-state index contributed by atoms with van der Waals surface area (Å²) >= 11 is 0. The lowest BCUT2D eigenvalue weighted by molar-refractivity contribution is -0.117. The van der Waals surface area contributed by atoms with Gasteiger partial charge in [-0.2, -0.15) is 5.10 Å². The van der Waals surface area contributed by atoms with Gasteiger partial charge < -0.3 is 21.3 Å². The first-order valence-corrected chi connectivity index (χ1v) is 7.69. The van der Waals surface area contributed by atoms with Gasteiger partial charge in [0.2, 0.25) is 0 Å². The van der Waals surface area contributed by atoms with Gasteiger partial charge in [-0.15, -0.1) is 0 Å². The Morgan fingerprint density at radius 2 is 2.42 bits per heavy atom. The summed E-state index contributed by atoms with van der Waals surface area (Å²) in [7, 11) is 0. The van der Waals surface area contributed by atoms with Crippen LogP contribution in [-0.2, 0) is 4.79 Å². The zero-order valence-corrected chi connectivity index (χ0v) is 13.3. The van der Waals surface area contributed by atoms with Crippen molar-refractivity contribution < 1.29 is 9.18 Å². The third kappa shape index (κ3) is 3.24. The Kier molecular flexibility index (Phi) is 4.24. The molecule has 0 bridgehead atoms. The Balaban J connectivity index is 1.71. The van der Waals surface area contributed by atoms with Gasteiger partial charge in [-0.25, -0.2) is 9.40 Å². The van der Waals surface area contributed by atoms with Gasteiger partial charge >= 0.3 is 0 Å². The Labute approximate surface area is 139 Å². The molecule has 3 rings (SSSR count). The number of hydrazone groups is 1. The average Bonchev–Trinajstić information content (AvgIpc) is 3.11. The fourth-order valence-electron chi connectivity index (χ4n) is 2.74. The first-order chi connectivity index (χ1) is 11.4. The molecule has 1 saturated heterocycles. The number of likely N-dealkylation sites (tertiary alicyclic amines) is 1. The molecular weight excluding hydrogens is 313 g/mol. The number of allylic oxidation sites excluding steroid dienone is 1. The first kappa shape index (κ1) is 16.0. The van der Waals surface area contributed by atoms with Gasteiger partial charge in [0.15, 0.2) is 0 Å². The van der Waals surface area contributed by atoms with E-state index in [1.807, 2.05) is 17.1 Å². The highest BCUT2D eigenvalue weighted by atomic mass is 19.1. The van der Waals surface area contributed by atoms with Crippen LogP contribution in [0.4, 0.5) is 4.39 Å². The summed E-state index contributed by atoms with van der Waals surface area (Å²) in [5.74, 6) is 0.0678. The van der Waals surface area contributed by atoms with Crippen molar-refractivity contribution in [1.29, 1.82) is 5.41 Å². The fraction of sp³-hybridized carbons (Fsp3) is 0.400. The minimum absolute atomic E-state index is 0.0964. The molecule has 24 heavy (non-hydrogen) atoms. The van der Waals surface area contributed by atoms with E-state index in [9.17, 15) is 9.18 Å². The molecule has 9 heteroatoms. The lowest BCUT2D eigenvalue weighted by Crippen LogP contribution is -2.42. The molecule has 0 spiro atoms. The number of hydrogen-bond donors (Lipinski definition) is 4. The number of amidine groups is 2. The molecule has 0 aromatic carbocycles. The zero-order valence-electron chi connectivity index (χ0n) is 13.3. The van der Waals surface area contributed by atoms with E-state index in [-0.39, 0.29) is 17.7 Å². The van der Waals surface area contributed by atoms with Crippen molar-refractivity contribution >= 4 is 17.6 Å². The Hall–Kier alpha value is -2.84. The molecule has 1 unspecified atom stereocenters. The van der Waals surface area contributed by atoms with Crippen molar-refractivity contribution in [3.8, 4) is 0 Å². The number of alkyl halides is 1. The number of carbonyl (C=O) groups is 1. The van der Waals surface area contributed by atoms with Crippen LogP contribution in [0.3, 0.4) is 0 Å². The number of amides is 1. The highest BCUT2D eigenvalue weighted by Gasteiger charge is 2.33. The third-order valence-electron chi connectivity index (χ3n) is 3.85. The van der Waals surface area contributed by atoms with Gasteiger partial charge in [-0.1, -0.05) is 0 Å². The van der Waals surface area contributed by atoms with Crippen LogP contribution in [0.15, 0.2) is 40.9 Å². The summed E-state index contributed by atoms with van der Waals surface area (Å²) in [4.78, 5) is 14.2. The Bertz CT molecular complexity index is 677. The second kappa shape index (κ2) is 6.34. The molecule has 1 fully saturated rings. The van der Waals surface area contributed by atoms with Gasteiger partial charge in [0.1, 0.15) is 29.7 Å². The highest BCUT2D eigenvalue weighted by Crippen LogP contribution is 2.22. The molecule has 5 N–H and O–H groups in total. The van der Waals surface area contributed by atoms with Crippen molar-refractivity contribution in [2.24, 2.45) is 10.8 Å². The number of hydrogen-bond acceptors (Lipinski definition) is 7. The third-order valence-corrected chi connectivity index (χ3v) is 3.85. The van der Waals surface area contributed by atoms with Crippen LogP contribution in [0, 0.1) is 5.41 Å². The van der Waals surface area contributed by atoms with Crippen LogP contribution in [0.2, 0.25) is 0 Å². The molecule has 128 valence electrons. The zero-order chi connectivity index (χ0) is 17.3. The molecule has 8 nitrogen and oxygen atoms in total. The maximum absolute atomic E-state index is 13.4. The van der Waals surface area contributed by atoms with Crippen molar-refractivity contribution in [1.82, 2.24) is 20.5 Å². The molecular formula is C15H20FN7O.